The highest BCUT2D eigenvalue weighted by Gasteiger charge is 2.23. The molecule has 0 aliphatic carbocycles. The Kier molecular flexibility index (Phi) is 7.75. The Morgan fingerprint density at radius 1 is 1.27 bits per heavy atom. The maximum Gasteiger partial charge on any atom is 0.222 e. The van der Waals surface area contributed by atoms with Crippen LogP contribution in [-0.4, -0.2) is 44.0 Å². The lowest BCUT2D eigenvalue weighted by molar-refractivity contribution is -0.132. The molecule has 0 radical (unpaired) electrons. The van der Waals surface area contributed by atoms with E-state index in [0.29, 0.717) is 31.1 Å². The number of piperidine rings is 1. The summed E-state index contributed by atoms with van der Waals surface area (Å²) in [5.74, 6) is 2.08. The lowest BCUT2D eigenvalue weighted by Crippen LogP contribution is -2.39. The second-order valence-electron chi connectivity index (χ2n) is 6.69. The Hall–Kier alpha value is -2.24. The molecule has 1 aromatic carbocycles. The Morgan fingerprint density at radius 2 is 2.08 bits per heavy atom. The quantitative estimate of drug-likeness (QED) is 0.772. The molecule has 1 N–H and O–H groups in total. The molecule has 2 rings (SSSR count). The third kappa shape index (κ3) is 5.64. The molecule has 6 heteroatoms. The van der Waals surface area contributed by atoms with Crippen LogP contribution in [-0.2, 0) is 16.1 Å². The first-order valence-corrected chi connectivity index (χ1v) is 9.32. The number of nitrogens with one attached hydrogen (secondary N) is 1. The van der Waals surface area contributed by atoms with E-state index in [9.17, 15) is 9.59 Å². The number of ether oxygens (including phenoxy) is 2. The van der Waals surface area contributed by atoms with Crippen molar-refractivity contribution >= 4 is 11.8 Å². The first-order chi connectivity index (χ1) is 12.6. The highest BCUT2D eigenvalue weighted by molar-refractivity contribution is 5.76. The maximum absolute atomic E-state index is 12.2. The van der Waals surface area contributed by atoms with E-state index in [4.69, 9.17) is 9.47 Å². The minimum absolute atomic E-state index is 0.0295. The number of likely N-dealkylation sites (tertiary alicyclic amines) is 1. The van der Waals surface area contributed by atoms with Crippen molar-refractivity contribution < 1.29 is 19.1 Å². The maximum atomic E-state index is 12.2. The lowest BCUT2D eigenvalue weighted by Gasteiger charge is -2.32. The van der Waals surface area contributed by atoms with Crippen molar-refractivity contribution in [3.8, 4) is 11.5 Å². The first-order valence-electron chi connectivity index (χ1n) is 9.32. The summed E-state index contributed by atoms with van der Waals surface area (Å²) in [6.45, 7) is 3.96. The second-order valence-corrected chi connectivity index (χ2v) is 6.69. The van der Waals surface area contributed by atoms with Crippen LogP contribution < -0.4 is 14.8 Å². The smallest absolute Gasteiger partial charge is 0.222 e. The predicted molar refractivity (Wildman–Crippen MR) is 100 cm³/mol. The number of methoxy groups -OCH3 is 2. The van der Waals surface area contributed by atoms with Crippen molar-refractivity contribution in [1.29, 1.82) is 0 Å². The molecule has 1 aliphatic heterocycles. The monoisotopic (exact) mass is 362 g/mol. The van der Waals surface area contributed by atoms with Crippen molar-refractivity contribution in [2.75, 3.05) is 27.3 Å². The van der Waals surface area contributed by atoms with Gasteiger partial charge in [0.05, 0.1) is 14.2 Å². The molecule has 1 heterocycles. The first kappa shape index (κ1) is 20.1. The largest absolute Gasteiger partial charge is 0.497 e. The fourth-order valence-electron chi connectivity index (χ4n) is 3.37. The van der Waals surface area contributed by atoms with Crippen molar-refractivity contribution in [2.45, 2.75) is 45.6 Å². The summed E-state index contributed by atoms with van der Waals surface area (Å²) in [4.78, 5) is 26.0. The van der Waals surface area contributed by atoms with Crippen molar-refractivity contribution in [3.05, 3.63) is 23.8 Å². The van der Waals surface area contributed by atoms with Gasteiger partial charge in [-0.3, -0.25) is 9.59 Å². The van der Waals surface area contributed by atoms with Gasteiger partial charge in [0, 0.05) is 44.1 Å². The van der Waals surface area contributed by atoms with Gasteiger partial charge in [0.25, 0.3) is 0 Å². The number of nitrogens with zero attached hydrogens (tertiary/aromatic N) is 1. The zero-order chi connectivity index (χ0) is 18.9. The highest BCUT2D eigenvalue weighted by Crippen LogP contribution is 2.25. The molecular formula is C20H30N2O4. The fourth-order valence-corrected chi connectivity index (χ4v) is 3.37. The summed E-state index contributed by atoms with van der Waals surface area (Å²) in [5.41, 5.74) is 0.916. The van der Waals surface area contributed by atoms with Gasteiger partial charge in [-0.1, -0.05) is 6.92 Å². The van der Waals surface area contributed by atoms with Gasteiger partial charge in [-0.15, -0.1) is 0 Å². The molecule has 0 bridgehead atoms. The van der Waals surface area contributed by atoms with Crippen LogP contribution in [0, 0.1) is 5.92 Å². The topological polar surface area (TPSA) is 67.9 Å². The van der Waals surface area contributed by atoms with Gasteiger partial charge in [0.1, 0.15) is 11.5 Å². The minimum atomic E-state index is 0.0295. The molecule has 2 amide bonds. The zero-order valence-corrected chi connectivity index (χ0v) is 16.0. The Labute approximate surface area is 155 Å². The molecule has 0 saturated carbocycles. The molecule has 1 fully saturated rings. The highest BCUT2D eigenvalue weighted by atomic mass is 16.5. The van der Waals surface area contributed by atoms with Crippen LogP contribution in [0.1, 0.15) is 44.6 Å². The molecule has 26 heavy (non-hydrogen) atoms. The van der Waals surface area contributed by atoms with E-state index >= 15 is 0 Å². The number of benzene rings is 1. The van der Waals surface area contributed by atoms with Crippen LogP contribution in [0.3, 0.4) is 0 Å². The molecule has 1 atom stereocenters. The van der Waals surface area contributed by atoms with Crippen LogP contribution in [0.25, 0.3) is 0 Å². The van der Waals surface area contributed by atoms with Gasteiger partial charge in [-0.05, 0) is 37.3 Å². The van der Waals surface area contributed by atoms with E-state index in [-0.39, 0.29) is 11.8 Å². The van der Waals surface area contributed by atoms with E-state index in [1.54, 1.807) is 14.2 Å². The fraction of sp³-hybridized carbons (Fsp3) is 0.600. The Balaban J connectivity index is 1.78. The lowest BCUT2D eigenvalue weighted by atomic mass is 9.93. The number of carbonyl (C=O) groups excluding carboxylic acids is 2. The number of amides is 2. The molecule has 6 nitrogen and oxygen atoms in total. The van der Waals surface area contributed by atoms with Gasteiger partial charge in [0.15, 0.2) is 0 Å². The molecular weight excluding hydrogens is 332 g/mol. The van der Waals surface area contributed by atoms with E-state index in [0.717, 1.165) is 43.7 Å². The summed E-state index contributed by atoms with van der Waals surface area (Å²) < 4.78 is 10.5. The molecule has 0 aromatic heterocycles. The SMILES string of the molecule is CCC(=O)N1CCC[C@@H](CCC(=O)NCc2ccc(OC)cc2OC)C1. The molecule has 1 saturated heterocycles. The van der Waals surface area contributed by atoms with Gasteiger partial charge >= 0.3 is 0 Å². The molecule has 144 valence electrons. The van der Waals surface area contributed by atoms with Crippen LogP contribution in [0.2, 0.25) is 0 Å². The molecule has 1 aromatic rings. The van der Waals surface area contributed by atoms with Crippen LogP contribution in [0.15, 0.2) is 18.2 Å². The molecule has 0 unspecified atom stereocenters. The summed E-state index contributed by atoms with van der Waals surface area (Å²) in [7, 11) is 3.21. The summed E-state index contributed by atoms with van der Waals surface area (Å²) in [6.07, 6.45) is 3.97. The van der Waals surface area contributed by atoms with E-state index < -0.39 is 0 Å². The van der Waals surface area contributed by atoms with E-state index in [1.807, 2.05) is 30.0 Å². The van der Waals surface area contributed by atoms with Gasteiger partial charge < -0.3 is 19.7 Å². The third-order valence-corrected chi connectivity index (χ3v) is 4.92. The Bertz CT molecular complexity index is 618. The summed E-state index contributed by atoms with van der Waals surface area (Å²) in [5, 5.41) is 2.96. The number of carbonyl (C=O) groups is 2. The number of hydrogen-bond donors (Lipinski definition) is 1. The summed E-state index contributed by atoms with van der Waals surface area (Å²) in [6, 6.07) is 5.56. The standard InChI is InChI=1S/C20H30N2O4/c1-4-20(24)22-11-5-6-15(14-22)7-10-19(23)21-13-16-8-9-17(25-2)12-18(16)26-3/h8-9,12,15H,4-7,10-11,13-14H2,1-3H3,(H,21,23)/t15-/m0/s1. The average molecular weight is 362 g/mol. The minimum Gasteiger partial charge on any atom is -0.497 e. The van der Waals surface area contributed by atoms with Crippen molar-refractivity contribution in [3.63, 3.8) is 0 Å². The van der Waals surface area contributed by atoms with Gasteiger partial charge in [-0.2, -0.15) is 0 Å². The summed E-state index contributed by atoms with van der Waals surface area (Å²) >= 11 is 0. The van der Waals surface area contributed by atoms with Gasteiger partial charge in [0.2, 0.25) is 11.8 Å². The Morgan fingerprint density at radius 3 is 2.77 bits per heavy atom. The zero-order valence-electron chi connectivity index (χ0n) is 16.0. The average Bonchev–Trinajstić information content (AvgIpc) is 2.70. The molecule has 1 aliphatic rings. The molecule has 0 spiro atoms. The third-order valence-electron chi connectivity index (χ3n) is 4.92. The van der Waals surface area contributed by atoms with Crippen molar-refractivity contribution in [1.82, 2.24) is 10.2 Å². The predicted octanol–water partition coefficient (Wildman–Crippen LogP) is 2.75. The van der Waals surface area contributed by atoms with E-state index in [1.165, 1.54) is 0 Å². The van der Waals surface area contributed by atoms with Gasteiger partial charge in [-0.25, -0.2) is 0 Å². The van der Waals surface area contributed by atoms with Crippen molar-refractivity contribution in [2.24, 2.45) is 5.92 Å². The number of hydrogen-bond acceptors (Lipinski definition) is 4. The number of rotatable bonds is 8. The second kappa shape index (κ2) is 10.0. The van der Waals surface area contributed by atoms with Crippen LogP contribution in [0.5, 0.6) is 11.5 Å². The normalized spacial score (nSPS) is 16.9. The van der Waals surface area contributed by atoms with E-state index in [2.05, 4.69) is 5.32 Å². The van der Waals surface area contributed by atoms with Crippen LogP contribution >= 0.6 is 0 Å². The van der Waals surface area contributed by atoms with Crippen LogP contribution in [0.4, 0.5) is 0 Å².